The van der Waals surface area contributed by atoms with E-state index < -0.39 is 0 Å². The van der Waals surface area contributed by atoms with Crippen LogP contribution in [0.15, 0.2) is 34.9 Å². The summed E-state index contributed by atoms with van der Waals surface area (Å²) in [5.74, 6) is 0.635. The fourth-order valence-electron chi connectivity index (χ4n) is 2.28. The maximum atomic E-state index is 4.52. The van der Waals surface area contributed by atoms with Gasteiger partial charge in [-0.25, -0.2) is 0 Å². The van der Waals surface area contributed by atoms with Crippen molar-refractivity contribution < 1.29 is 0 Å². The van der Waals surface area contributed by atoms with Crippen molar-refractivity contribution in [3.8, 4) is 0 Å². The van der Waals surface area contributed by atoms with Crippen LogP contribution < -0.4 is 5.32 Å². The average molecular weight is 277 g/mol. The van der Waals surface area contributed by atoms with E-state index in [0.29, 0.717) is 5.92 Å². The number of fused-ring (bicyclic) bond motifs is 1. The molecule has 1 aliphatic heterocycles. The van der Waals surface area contributed by atoms with Gasteiger partial charge < -0.3 is 5.32 Å². The number of rotatable bonds is 1. The van der Waals surface area contributed by atoms with E-state index in [2.05, 4.69) is 44.4 Å². The monoisotopic (exact) mass is 276 g/mol. The first-order valence-electron chi connectivity index (χ1n) is 5.59. The van der Waals surface area contributed by atoms with Gasteiger partial charge in [-0.2, -0.15) is 0 Å². The highest BCUT2D eigenvalue weighted by molar-refractivity contribution is 9.10. The molecule has 1 atom stereocenters. The van der Waals surface area contributed by atoms with Crippen molar-refractivity contribution in [1.29, 1.82) is 0 Å². The Morgan fingerprint density at radius 3 is 3.06 bits per heavy atom. The molecule has 0 amide bonds. The third-order valence-electron chi connectivity index (χ3n) is 3.20. The van der Waals surface area contributed by atoms with Gasteiger partial charge in [-0.1, -0.05) is 15.9 Å². The number of hydrogen-bond donors (Lipinski definition) is 1. The van der Waals surface area contributed by atoms with Crippen LogP contribution in [0.4, 0.5) is 0 Å². The minimum atomic E-state index is 0.635. The maximum absolute atomic E-state index is 4.52. The van der Waals surface area contributed by atoms with Gasteiger partial charge in [-0.05, 0) is 48.7 Å². The van der Waals surface area contributed by atoms with Crippen LogP contribution in [0.1, 0.15) is 17.9 Å². The lowest BCUT2D eigenvalue weighted by Crippen LogP contribution is -2.08. The average Bonchev–Trinajstić information content (AvgIpc) is 2.81. The van der Waals surface area contributed by atoms with E-state index in [1.54, 1.807) is 0 Å². The molecule has 0 saturated carbocycles. The first-order valence-corrected chi connectivity index (χ1v) is 6.38. The highest BCUT2D eigenvalue weighted by Gasteiger charge is 2.16. The molecule has 2 heterocycles. The largest absolute Gasteiger partial charge is 0.316 e. The van der Waals surface area contributed by atoms with Crippen molar-refractivity contribution in [3.63, 3.8) is 0 Å². The first kappa shape index (κ1) is 10.2. The molecule has 1 fully saturated rings. The van der Waals surface area contributed by atoms with E-state index >= 15 is 0 Å². The summed E-state index contributed by atoms with van der Waals surface area (Å²) in [6, 6.07) is 8.49. The number of nitrogens with one attached hydrogen (secondary N) is 1. The molecule has 1 unspecified atom stereocenters. The number of pyridine rings is 1. The molecule has 3 rings (SSSR count). The van der Waals surface area contributed by atoms with Crippen LogP contribution in [0.2, 0.25) is 0 Å². The summed E-state index contributed by atoms with van der Waals surface area (Å²) in [4.78, 5) is 4.52. The molecule has 1 aromatic heterocycles. The fraction of sp³-hybridized carbons (Fsp3) is 0.308. The second-order valence-corrected chi connectivity index (χ2v) is 5.21. The summed E-state index contributed by atoms with van der Waals surface area (Å²) in [6.45, 7) is 2.21. The third-order valence-corrected chi connectivity index (χ3v) is 3.69. The number of benzene rings is 1. The molecule has 82 valence electrons. The molecule has 2 aromatic rings. The van der Waals surface area contributed by atoms with Crippen LogP contribution >= 0.6 is 15.9 Å². The lowest BCUT2D eigenvalue weighted by Gasteiger charge is -2.09. The second kappa shape index (κ2) is 4.15. The molecular weight excluding hydrogens is 264 g/mol. The summed E-state index contributed by atoms with van der Waals surface area (Å²) >= 11 is 3.50. The second-order valence-electron chi connectivity index (χ2n) is 4.30. The standard InChI is InChI=1S/C13H13BrN2/c14-12-1-2-13-10(6-12)5-11(8-16-13)9-3-4-15-7-9/h1-2,5-6,8-9,15H,3-4,7H2. The van der Waals surface area contributed by atoms with Gasteiger partial charge in [-0.3, -0.25) is 4.98 Å². The Morgan fingerprint density at radius 1 is 1.31 bits per heavy atom. The van der Waals surface area contributed by atoms with Crippen molar-refractivity contribution in [1.82, 2.24) is 10.3 Å². The predicted octanol–water partition coefficient (Wildman–Crippen LogP) is 3.07. The summed E-state index contributed by atoms with van der Waals surface area (Å²) in [7, 11) is 0. The molecular formula is C13H13BrN2. The zero-order valence-electron chi connectivity index (χ0n) is 8.91. The summed E-state index contributed by atoms with van der Waals surface area (Å²) in [6.07, 6.45) is 3.25. The molecule has 0 aliphatic carbocycles. The molecule has 1 N–H and O–H groups in total. The number of halogens is 1. The predicted molar refractivity (Wildman–Crippen MR) is 69.7 cm³/mol. The van der Waals surface area contributed by atoms with E-state index in [4.69, 9.17) is 0 Å². The van der Waals surface area contributed by atoms with Crippen LogP contribution in [0, 0.1) is 0 Å². The van der Waals surface area contributed by atoms with Gasteiger partial charge in [0.15, 0.2) is 0 Å². The van der Waals surface area contributed by atoms with E-state index in [0.717, 1.165) is 23.1 Å². The fourth-order valence-corrected chi connectivity index (χ4v) is 2.66. The molecule has 3 heteroatoms. The number of hydrogen-bond acceptors (Lipinski definition) is 2. The minimum absolute atomic E-state index is 0.635. The van der Waals surface area contributed by atoms with Crippen molar-refractivity contribution in [2.75, 3.05) is 13.1 Å². The van der Waals surface area contributed by atoms with Crippen molar-refractivity contribution in [2.24, 2.45) is 0 Å². The third kappa shape index (κ3) is 1.85. The Kier molecular flexibility index (Phi) is 2.65. The SMILES string of the molecule is Brc1ccc2ncc(C3CCNC3)cc2c1. The Hall–Kier alpha value is -0.930. The molecule has 16 heavy (non-hydrogen) atoms. The Labute approximate surface area is 103 Å². The van der Waals surface area contributed by atoms with Crippen LogP contribution in [0.5, 0.6) is 0 Å². The minimum Gasteiger partial charge on any atom is -0.316 e. The summed E-state index contributed by atoms with van der Waals surface area (Å²) in [5.41, 5.74) is 2.42. The normalized spacial score (nSPS) is 20.4. The summed E-state index contributed by atoms with van der Waals surface area (Å²) in [5, 5.41) is 4.61. The lowest BCUT2D eigenvalue weighted by molar-refractivity contribution is 0.761. The van der Waals surface area contributed by atoms with Gasteiger partial charge in [0.1, 0.15) is 0 Å². The van der Waals surface area contributed by atoms with Crippen molar-refractivity contribution in [2.45, 2.75) is 12.3 Å². The summed E-state index contributed by atoms with van der Waals surface area (Å²) < 4.78 is 1.11. The molecule has 2 nitrogen and oxygen atoms in total. The topological polar surface area (TPSA) is 24.9 Å². The zero-order chi connectivity index (χ0) is 11.0. The van der Waals surface area contributed by atoms with Crippen LogP contribution in [0.3, 0.4) is 0 Å². The van der Waals surface area contributed by atoms with E-state index in [1.165, 1.54) is 17.4 Å². The van der Waals surface area contributed by atoms with Gasteiger partial charge in [-0.15, -0.1) is 0 Å². The maximum Gasteiger partial charge on any atom is 0.0702 e. The first-order chi connectivity index (χ1) is 7.83. The zero-order valence-corrected chi connectivity index (χ0v) is 10.5. The quantitative estimate of drug-likeness (QED) is 0.866. The lowest BCUT2D eigenvalue weighted by atomic mass is 9.99. The van der Waals surface area contributed by atoms with Gasteiger partial charge in [0.25, 0.3) is 0 Å². The van der Waals surface area contributed by atoms with Crippen LogP contribution in [0.25, 0.3) is 10.9 Å². The van der Waals surface area contributed by atoms with E-state index in [1.807, 2.05) is 12.3 Å². The van der Waals surface area contributed by atoms with E-state index in [9.17, 15) is 0 Å². The highest BCUT2D eigenvalue weighted by atomic mass is 79.9. The molecule has 0 radical (unpaired) electrons. The van der Waals surface area contributed by atoms with Crippen LogP contribution in [-0.4, -0.2) is 18.1 Å². The van der Waals surface area contributed by atoms with Gasteiger partial charge in [0.2, 0.25) is 0 Å². The molecule has 1 saturated heterocycles. The Balaban J connectivity index is 2.07. The van der Waals surface area contributed by atoms with Gasteiger partial charge in [0, 0.05) is 22.6 Å². The van der Waals surface area contributed by atoms with Crippen molar-refractivity contribution in [3.05, 3.63) is 40.5 Å². The van der Waals surface area contributed by atoms with Gasteiger partial charge >= 0.3 is 0 Å². The number of aromatic nitrogens is 1. The van der Waals surface area contributed by atoms with Crippen molar-refractivity contribution >= 4 is 26.8 Å². The van der Waals surface area contributed by atoms with Gasteiger partial charge in [0.05, 0.1) is 5.52 Å². The molecule has 1 aliphatic rings. The molecule has 0 spiro atoms. The van der Waals surface area contributed by atoms with E-state index in [-0.39, 0.29) is 0 Å². The Morgan fingerprint density at radius 2 is 2.25 bits per heavy atom. The van der Waals surface area contributed by atoms with Crippen LogP contribution in [-0.2, 0) is 0 Å². The number of nitrogens with zero attached hydrogens (tertiary/aromatic N) is 1. The molecule has 0 bridgehead atoms. The highest BCUT2D eigenvalue weighted by Crippen LogP contribution is 2.25. The smallest absolute Gasteiger partial charge is 0.0702 e. The Bertz CT molecular complexity index is 518. The molecule has 1 aromatic carbocycles.